The first-order valence-electron chi connectivity index (χ1n) is 16.2. The summed E-state index contributed by atoms with van der Waals surface area (Å²) >= 11 is 0. The van der Waals surface area contributed by atoms with Gasteiger partial charge in [-0.3, -0.25) is 5.26 Å². The first kappa shape index (κ1) is 35.5. The van der Waals surface area contributed by atoms with Crippen molar-refractivity contribution < 1.29 is 37.5 Å². The van der Waals surface area contributed by atoms with Gasteiger partial charge < -0.3 is 14.2 Å². The van der Waals surface area contributed by atoms with Gasteiger partial charge in [0.2, 0.25) is 0 Å². The van der Waals surface area contributed by atoms with Crippen molar-refractivity contribution in [3.05, 3.63) is 95.2 Å². The van der Waals surface area contributed by atoms with E-state index in [9.17, 15) is 13.2 Å². The number of benzene rings is 1. The Morgan fingerprint density at radius 2 is 1.70 bits per heavy atom. The maximum Gasteiger partial charge on any atom is 0.389 e. The van der Waals surface area contributed by atoms with Gasteiger partial charge >= 0.3 is 6.18 Å². The molecule has 0 aromatic heterocycles. The van der Waals surface area contributed by atoms with Gasteiger partial charge in [-0.2, -0.15) is 13.2 Å². The Labute approximate surface area is 271 Å². The number of hydrogen-bond donors (Lipinski definition) is 1. The lowest BCUT2D eigenvalue weighted by atomic mass is 9.77. The predicted octanol–water partition coefficient (Wildman–Crippen LogP) is 9.21. The van der Waals surface area contributed by atoms with Gasteiger partial charge in [0.1, 0.15) is 19.0 Å². The summed E-state index contributed by atoms with van der Waals surface area (Å²) in [5.74, 6) is 7.81. The molecule has 0 bridgehead atoms. The Hall–Kier alpha value is -3.35. The van der Waals surface area contributed by atoms with E-state index in [1.54, 1.807) is 7.11 Å². The molecule has 0 heterocycles. The largest absolute Gasteiger partial charge is 0.491 e. The van der Waals surface area contributed by atoms with Crippen molar-refractivity contribution in [2.75, 3.05) is 33.5 Å². The van der Waals surface area contributed by atoms with Gasteiger partial charge in [0, 0.05) is 30.9 Å². The molecule has 0 radical (unpaired) electrons. The molecule has 0 saturated heterocycles. The van der Waals surface area contributed by atoms with Crippen LogP contribution in [0, 0.1) is 23.7 Å². The van der Waals surface area contributed by atoms with Gasteiger partial charge in [0.15, 0.2) is 0 Å². The number of halogens is 3. The molecular formula is C38H45F3O5. The summed E-state index contributed by atoms with van der Waals surface area (Å²) in [6, 6.07) is 7.83. The van der Waals surface area contributed by atoms with Gasteiger partial charge in [0.25, 0.3) is 0 Å². The smallest absolute Gasteiger partial charge is 0.389 e. The minimum atomic E-state index is -4.09. The fourth-order valence-corrected chi connectivity index (χ4v) is 5.78. The van der Waals surface area contributed by atoms with Crippen molar-refractivity contribution in [2.45, 2.75) is 70.1 Å². The summed E-state index contributed by atoms with van der Waals surface area (Å²) in [5.41, 5.74) is 5.82. The predicted molar refractivity (Wildman–Crippen MR) is 175 cm³/mol. The minimum absolute atomic E-state index is 0.0688. The van der Waals surface area contributed by atoms with E-state index in [-0.39, 0.29) is 37.6 Å². The molecule has 5 nitrogen and oxygen atoms in total. The second-order valence-electron chi connectivity index (χ2n) is 11.7. The molecule has 0 aliphatic heterocycles. The molecule has 0 spiro atoms. The van der Waals surface area contributed by atoms with Crippen LogP contribution in [0.4, 0.5) is 13.2 Å². The highest BCUT2D eigenvalue weighted by Crippen LogP contribution is 2.39. The summed E-state index contributed by atoms with van der Waals surface area (Å²) in [5, 5.41) is 8.49. The van der Waals surface area contributed by atoms with Crippen molar-refractivity contribution in [1.29, 1.82) is 0 Å². The summed E-state index contributed by atoms with van der Waals surface area (Å²) in [4.78, 5) is 4.06. The van der Waals surface area contributed by atoms with Crippen LogP contribution in [0.1, 0.15) is 63.4 Å². The van der Waals surface area contributed by atoms with Crippen molar-refractivity contribution in [3.63, 3.8) is 0 Å². The Morgan fingerprint density at radius 1 is 0.870 bits per heavy atom. The number of rotatable bonds is 16. The van der Waals surface area contributed by atoms with Gasteiger partial charge in [-0.1, -0.05) is 84.9 Å². The van der Waals surface area contributed by atoms with Crippen LogP contribution in [0.3, 0.4) is 0 Å². The molecule has 46 heavy (non-hydrogen) atoms. The topological polar surface area (TPSA) is 57.2 Å². The van der Waals surface area contributed by atoms with Crippen molar-refractivity contribution in [2.24, 2.45) is 11.8 Å². The summed E-state index contributed by atoms with van der Waals surface area (Å²) < 4.78 is 54.1. The molecule has 3 aliphatic rings. The van der Waals surface area contributed by atoms with E-state index >= 15 is 0 Å². The fraction of sp³-hybridized carbons (Fsp3) is 0.474. The SMILES string of the molecule is COCCOC1C=CC(C#CC2C=CC(C3CC=C(c4ccc(OCCOO)cc4)C=C3CCCCCCC(F)(F)F)=CC2)=CC1. The van der Waals surface area contributed by atoms with Crippen molar-refractivity contribution in [1.82, 2.24) is 0 Å². The molecule has 3 unspecified atom stereocenters. The van der Waals surface area contributed by atoms with Crippen LogP contribution in [0.15, 0.2) is 89.6 Å². The van der Waals surface area contributed by atoms with Crippen LogP contribution in [0.2, 0.25) is 0 Å². The van der Waals surface area contributed by atoms with E-state index in [4.69, 9.17) is 19.5 Å². The lowest BCUT2D eigenvalue weighted by molar-refractivity contribution is -0.245. The Kier molecular flexibility index (Phi) is 14.4. The number of ether oxygens (including phenoxy) is 3. The van der Waals surface area contributed by atoms with Crippen LogP contribution in [0.5, 0.6) is 5.75 Å². The average molecular weight is 639 g/mol. The summed E-state index contributed by atoms with van der Waals surface area (Å²) in [6.45, 7) is 1.50. The highest BCUT2D eigenvalue weighted by molar-refractivity contribution is 5.76. The highest BCUT2D eigenvalue weighted by atomic mass is 19.4. The molecule has 4 rings (SSSR count). The zero-order valence-corrected chi connectivity index (χ0v) is 26.6. The second-order valence-corrected chi connectivity index (χ2v) is 11.7. The van der Waals surface area contributed by atoms with E-state index in [1.165, 1.54) is 11.1 Å². The van der Waals surface area contributed by atoms with Crippen LogP contribution in [-0.4, -0.2) is 51.1 Å². The molecule has 8 heteroatoms. The summed E-state index contributed by atoms with van der Waals surface area (Å²) in [6.07, 6.45) is 18.5. The average Bonchev–Trinajstić information content (AvgIpc) is 3.06. The van der Waals surface area contributed by atoms with E-state index in [2.05, 4.69) is 59.3 Å². The van der Waals surface area contributed by atoms with Crippen LogP contribution in [0.25, 0.3) is 5.57 Å². The maximum absolute atomic E-state index is 12.6. The van der Waals surface area contributed by atoms with Gasteiger partial charge in [0.05, 0.1) is 19.3 Å². The fourth-order valence-electron chi connectivity index (χ4n) is 5.78. The molecule has 0 fully saturated rings. The lowest BCUT2D eigenvalue weighted by Gasteiger charge is -2.27. The van der Waals surface area contributed by atoms with E-state index < -0.39 is 12.6 Å². The molecule has 1 aromatic rings. The zero-order chi connectivity index (χ0) is 32.6. The van der Waals surface area contributed by atoms with E-state index in [0.717, 1.165) is 55.2 Å². The molecular weight excluding hydrogens is 593 g/mol. The van der Waals surface area contributed by atoms with Gasteiger partial charge in [-0.15, -0.1) is 0 Å². The Morgan fingerprint density at radius 3 is 2.39 bits per heavy atom. The summed E-state index contributed by atoms with van der Waals surface area (Å²) in [7, 11) is 1.66. The normalized spacial score (nSPS) is 21.1. The van der Waals surface area contributed by atoms with E-state index in [1.807, 2.05) is 30.3 Å². The highest BCUT2D eigenvalue weighted by Gasteiger charge is 2.26. The molecule has 3 aliphatic carbocycles. The molecule has 0 amide bonds. The van der Waals surface area contributed by atoms with Crippen molar-refractivity contribution >= 4 is 5.57 Å². The van der Waals surface area contributed by atoms with Crippen LogP contribution >= 0.6 is 0 Å². The molecule has 248 valence electrons. The van der Waals surface area contributed by atoms with Crippen LogP contribution in [-0.2, 0) is 14.4 Å². The van der Waals surface area contributed by atoms with Gasteiger partial charge in [-0.05, 0) is 73.4 Å². The second kappa shape index (κ2) is 18.7. The number of allylic oxidation sites excluding steroid dienone is 10. The Balaban J connectivity index is 1.36. The number of alkyl halides is 3. The maximum atomic E-state index is 12.6. The third kappa shape index (κ3) is 12.1. The lowest BCUT2D eigenvalue weighted by Crippen LogP contribution is -2.14. The number of hydrogen-bond acceptors (Lipinski definition) is 5. The van der Waals surface area contributed by atoms with Gasteiger partial charge in [-0.25, -0.2) is 4.89 Å². The van der Waals surface area contributed by atoms with E-state index in [0.29, 0.717) is 25.4 Å². The molecule has 1 aromatic carbocycles. The van der Waals surface area contributed by atoms with Crippen LogP contribution < -0.4 is 4.74 Å². The number of unbranched alkanes of at least 4 members (excludes halogenated alkanes) is 3. The third-order valence-electron chi connectivity index (χ3n) is 8.28. The zero-order valence-electron chi connectivity index (χ0n) is 26.6. The first-order valence-corrected chi connectivity index (χ1v) is 16.2. The minimum Gasteiger partial charge on any atom is -0.491 e. The molecule has 0 saturated carbocycles. The van der Waals surface area contributed by atoms with Crippen molar-refractivity contribution in [3.8, 4) is 17.6 Å². The molecule has 1 N–H and O–H groups in total. The Bertz CT molecular complexity index is 1360. The quantitative estimate of drug-likeness (QED) is 0.0847. The standard InChI is InChI=1S/C38H45F3O5/c1-43-24-25-44-35-18-11-30(12-19-35)8-7-29-9-13-32(14-10-29)37-22-17-33(31-15-20-36(21-16-31)45-26-27-46-42)28-34(37)6-4-2-3-5-23-38(39,40)41/h9,11-18,20-21,28-29,35,37,42H,2-6,10,19,22-27H2,1H3. The molecule has 3 atom stereocenters. The third-order valence-corrected chi connectivity index (χ3v) is 8.28. The number of methoxy groups -OCH3 is 1. The first-order chi connectivity index (χ1) is 22.3. The monoisotopic (exact) mass is 638 g/mol.